The van der Waals surface area contributed by atoms with Crippen LogP contribution in [0.5, 0.6) is 5.75 Å². The summed E-state index contributed by atoms with van der Waals surface area (Å²) in [6.45, 7) is 1.41. The number of ether oxygens (including phenoxy) is 1. The number of aliphatic carboxylic acids is 1. The normalized spacial score (nSPS) is 10.8. The first-order valence-corrected chi connectivity index (χ1v) is 11.9. The van der Waals surface area contributed by atoms with Crippen molar-refractivity contribution in [3.8, 4) is 5.75 Å². The van der Waals surface area contributed by atoms with Crippen molar-refractivity contribution < 1.29 is 14.6 Å². The molecule has 0 atom stereocenters. The molecular weight excluding hydrogens is 490 g/mol. The van der Waals surface area contributed by atoms with Gasteiger partial charge in [-0.05, 0) is 49.8 Å². The van der Waals surface area contributed by atoms with Gasteiger partial charge in [-0.25, -0.2) is 14.8 Å². The van der Waals surface area contributed by atoms with Gasteiger partial charge in [-0.2, -0.15) is 0 Å². The topological polar surface area (TPSA) is 137 Å². The van der Waals surface area contributed by atoms with Crippen LogP contribution >= 0.6 is 0 Å². The van der Waals surface area contributed by atoms with Gasteiger partial charge in [0.05, 0.1) is 13.4 Å². The van der Waals surface area contributed by atoms with Crippen LogP contribution in [0, 0.1) is 0 Å². The number of pyridine rings is 1. The van der Waals surface area contributed by atoms with Gasteiger partial charge in [0.25, 0.3) is 5.56 Å². The smallest absolute Gasteiger partial charge is 0.332 e. The van der Waals surface area contributed by atoms with E-state index in [9.17, 15) is 14.4 Å². The van der Waals surface area contributed by atoms with E-state index in [-0.39, 0.29) is 17.7 Å². The van der Waals surface area contributed by atoms with E-state index in [1.165, 1.54) is 40.7 Å². The third-order valence-electron chi connectivity index (χ3n) is 5.86. The molecule has 4 rings (SSSR count). The molecule has 12 nitrogen and oxygen atoms in total. The van der Waals surface area contributed by atoms with Crippen molar-refractivity contribution in [2.45, 2.75) is 19.5 Å². The van der Waals surface area contributed by atoms with Crippen molar-refractivity contribution in [1.82, 2.24) is 28.6 Å². The van der Waals surface area contributed by atoms with Gasteiger partial charge < -0.3 is 24.6 Å². The lowest BCUT2D eigenvalue weighted by atomic mass is 10.1. The molecule has 0 fully saturated rings. The molecule has 0 unspecified atom stereocenters. The molecule has 0 aliphatic rings. The maximum atomic E-state index is 11.9. The Morgan fingerprint density at radius 3 is 2.42 bits per heavy atom. The zero-order valence-electron chi connectivity index (χ0n) is 22.2. The fourth-order valence-corrected chi connectivity index (χ4v) is 3.74. The van der Waals surface area contributed by atoms with Gasteiger partial charge >= 0.3 is 11.7 Å². The summed E-state index contributed by atoms with van der Waals surface area (Å²) in [5.41, 5.74) is 1.70. The van der Waals surface area contributed by atoms with E-state index in [0.717, 1.165) is 35.6 Å². The van der Waals surface area contributed by atoms with Crippen LogP contribution in [0.4, 0.5) is 5.82 Å². The molecule has 0 radical (unpaired) electrons. The molecule has 4 aromatic rings. The number of likely N-dealkylation sites (N-methyl/N-ethyl adjacent to an activating group) is 1. The van der Waals surface area contributed by atoms with Gasteiger partial charge in [-0.15, -0.1) is 0 Å². The number of nitrogens with zero attached hydrogens (tertiary/aromatic N) is 6. The van der Waals surface area contributed by atoms with E-state index >= 15 is 0 Å². The van der Waals surface area contributed by atoms with E-state index in [1.807, 2.05) is 24.4 Å². The van der Waals surface area contributed by atoms with Crippen molar-refractivity contribution in [3.63, 3.8) is 0 Å². The van der Waals surface area contributed by atoms with Crippen LogP contribution in [-0.4, -0.2) is 67.4 Å². The second-order valence-corrected chi connectivity index (χ2v) is 8.91. The van der Waals surface area contributed by atoms with E-state index in [4.69, 9.17) is 9.84 Å². The molecule has 2 N–H and O–H groups in total. The Morgan fingerprint density at radius 2 is 1.79 bits per heavy atom. The Balaban J connectivity index is 0.000000215. The Bertz CT molecular complexity index is 1500. The highest BCUT2D eigenvalue weighted by molar-refractivity contribution is 5.74. The van der Waals surface area contributed by atoms with E-state index < -0.39 is 17.2 Å². The molecule has 38 heavy (non-hydrogen) atoms. The molecule has 0 aliphatic carbocycles. The number of hydrogen-bond acceptors (Lipinski definition) is 8. The Kier molecular flexibility index (Phi) is 9.39. The lowest BCUT2D eigenvalue weighted by molar-refractivity contribution is -0.137. The quantitative estimate of drug-likeness (QED) is 0.333. The van der Waals surface area contributed by atoms with Crippen molar-refractivity contribution in [2.24, 2.45) is 14.1 Å². The van der Waals surface area contributed by atoms with E-state index in [2.05, 4.69) is 52.5 Å². The molecule has 3 heterocycles. The number of carboxylic acid groups (broad SMARTS) is 1. The summed E-state index contributed by atoms with van der Waals surface area (Å²) in [4.78, 5) is 44.6. The number of aromatic nitrogens is 5. The second kappa shape index (κ2) is 12.7. The van der Waals surface area contributed by atoms with Crippen molar-refractivity contribution >= 4 is 23.0 Å². The predicted molar refractivity (Wildman–Crippen MR) is 145 cm³/mol. The van der Waals surface area contributed by atoms with Gasteiger partial charge in [0.2, 0.25) is 0 Å². The predicted octanol–water partition coefficient (Wildman–Crippen LogP) is 1.32. The van der Waals surface area contributed by atoms with Crippen LogP contribution in [0.3, 0.4) is 0 Å². The van der Waals surface area contributed by atoms with Crippen molar-refractivity contribution in [3.05, 3.63) is 80.9 Å². The molecule has 1 aromatic carbocycles. The summed E-state index contributed by atoms with van der Waals surface area (Å²) in [5.74, 6) is 0.763. The minimum Gasteiger partial charge on any atom is -0.497 e. The first-order chi connectivity index (χ1) is 18.1. The number of benzene rings is 1. The summed E-state index contributed by atoms with van der Waals surface area (Å²) in [6.07, 6.45) is 4.06. The highest BCUT2D eigenvalue weighted by Gasteiger charge is 2.15. The van der Waals surface area contributed by atoms with Crippen LogP contribution in [0.1, 0.15) is 11.1 Å². The van der Waals surface area contributed by atoms with Gasteiger partial charge in [0.15, 0.2) is 11.2 Å². The van der Waals surface area contributed by atoms with Crippen LogP contribution in [0.2, 0.25) is 0 Å². The summed E-state index contributed by atoms with van der Waals surface area (Å²) in [6, 6.07) is 12.2. The lowest BCUT2D eigenvalue weighted by Gasteiger charge is -2.13. The minimum atomic E-state index is -1.08. The molecule has 0 saturated carbocycles. The zero-order valence-corrected chi connectivity index (χ0v) is 22.2. The molecule has 3 aromatic heterocycles. The summed E-state index contributed by atoms with van der Waals surface area (Å²) in [5, 5.41) is 12.1. The SMILES string of the molecule is COc1ccc(CNc2ncccc2CCN(C)C)cc1.Cn1c(=O)c2c(ncn2CC(=O)O)n(C)c1=O. The maximum absolute atomic E-state index is 11.9. The van der Waals surface area contributed by atoms with Gasteiger partial charge in [0.1, 0.15) is 18.1 Å². The van der Waals surface area contributed by atoms with Crippen LogP contribution in [0.25, 0.3) is 11.2 Å². The summed E-state index contributed by atoms with van der Waals surface area (Å²) in [7, 11) is 8.66. The number of hydrogen-bond donors (Lipinski definition) is 2. The van der Waals surface area contributed by atoms with E-state index in [1.54, 1.807) is 7.11 Å². The first kappa shape index (κ1) is 28.1. The standard InChI is InChI=1S/C17H23N3O.C9H10N4O4/c1-20(2)12-10-15-5-4-11-18-17(15)19-13-14-6-8-16(21-3)9-7-14;1-11-7-6(8(16)12(2)9(11)17)13(4-10-7)3-5(14)15/h4-9,11H,10,12-13H2,1-3H3,(H,18,19);4H,3H2,1-2H3,(H,14,15). The second-order valence-electron chi connectivity index (χ2n) is 8.91. The number of nitrogens with one attached hydrogen (secondary N) is 1. The molecule has 0 aliphatic heterocycles. The lowest BCUT2D eigenvalue weighted by Crippen LogP contribution is -2.37. The number of anilines is 1. The summed E-state index contributed by atoms with van der Waals surface area (Å²) < 4.78 is 8.50. The monoisotopic (exact) mass is 523 g/mol. The summed E-state index contributed by atoms with van der Waals surface area (Å²) >= 11 is 0. The fourth-order valence-electron chi connectivity index (χ4n) is 3.74. The third-order valence-corrected chi connectivity index (χ3v) is 5.86. The minimum absolute atomic E-state index is 0.108. The molecule has 0 amide bonds. The first-order valence-electron chi connectivity index (χ1n) is 11.9. The number of carbonyl (C=O) groups is 1. The molecule has 202 valence electrons. The average Bonchev–Trinajstić information content (AvgIpc) is 3.32. The number of aryl methyl sites for hydroxylation is 1. The van der Waals surface area contributed by atoms with Crippen molar-refractivity contribution in [1.29, 1.82) is 0 Å². The van der Waals surface area contributed by atoms with Crippen molar-refractivity contribution in [2.75, 3.05) is 33.1 Å². The maximum Gasteiger partial charge on any atom is 0.332 e. The van der Waals surface area contributed by atoms with Crippen LogP contribution < -0.4 is 21.3 Å². The molecular formula is C26H33N7O5. The van der Waals surface area contributed by atoms with Crippen LogP contribution in [0.15, 0.2) is 58.5 Å². The Morgan fingerprint density at radius 1 is 1.08 bits per heavy atom. The highest BCUT2D eigenvalue weighted by Crippen LogP contribution is 2.16. The largest absolute Gasteiger partial charge is 0.497 e. The third kappa shape index (κ3) is 6.85. The van der Waals surface area contributed by atoms with Gasteiger partial charge in [0, 0.05) is 33.4 Å². The number of fused-ring (bicyclic) bond motifs is 1. The zero-order chi connectivity index (χ0) is 27.8. The van der Waals surface area contributed by atoms with Crippen LogP contribution in [-0.2, 0) is 38.4 Å². The Labute approximate surface area is 219 Å². The number of rotatable bonds is 9. The van der Waals surface area contributed by atoms with E-state index in [0.29, 0.717) is 0 Å². The number of methoxy groups -OCH3 is 1. The molecule has 12 heteroatoms. The van der Waals surface area contributed by atoms with Gasteiger partial charge in [-0.1, -0.05) is 18.2 Å². The average molecular weight is 524 g/mol. The number of imidazole rings is 1. The van der Waals surface area contributed by atoms with Gasteiger partial charge in [-0.3, -0.25) is 18.7 Å². The number of carboxylic acids is 1. The molecule has 0 saturated heterocycles. The fraction of sp³-hybridized carbons (Fsp3) is 0.346. The molecule has 0 bridgehead atoms. The highest BCUT2D eigenvalue weighted by atomic mass is 16.5. The Hall–Kier alpha value is -4.45. The molecule has 0 spiro atoms.